The number of benzene rings is 2. The monoisotopic (exact) mass is 262 g/mol. The van der Waals surface area contributed by atoms with Gasteiger partial charge in [-0.15, -0.1) is 0 Å². The number of para-hydroxylation sites is 1. The second-order valence-corrected chi connectivity index (χ2v) is 4.51. The van der Waals surface area contributed by atoms with Gasteiger partial charge in [0.2, 0.25) is 0 Å². The molecule has 0 heterocycles. The molecule has 0 aliphatic rings. The quantitative estimate of drug-likeness (QED) is 0.722. The highest BCUT2D eigenvalue weighted by atomic mass is 35.5. The Morgan fingerprint density at radius 3 is 2.39 bits per heavy atom. The van der Waals surface area contributed by atoms with Crippen molar-refractivity contribution in [2.75, 3.05) is 0 Å². The Hall–Kier alpha value is -1.49. The number of hydrogen-bond donors (Lipinski definition) is 3. The minimum Gasteiger partial charge on any atom is -0.508 e. The van der Waals surface area contributed by atoms with Crippen molar-refractivity contribution in [3.63, 3.8) is 0 Å². The molecule has 0 bridgehead atoms. The highest BCUT2D eigenvalue weighted by Gasteiger charge is 2.19. The summed E-state index contributed by atoms with van der Waals surface area (Å²) in [4.78, 5) is 0. The molecular weight excluding hydrogens is 250 g/mol. The van der Waals surface area contributed by atoms with E-state index in [9.17, 15) is 5.11 Å². The molecule has 0 atom stereocenters. The number of phenols is 1. The lowest BCUT2D eigenvalue weighted by Crippen LogP contribution is -2.30. The average molecular weight is 263 g/mol. The molecule has 2 aromatic carbocycles. The second kappa shape index (κ2) is 5.02. The highest BCUT2D eigenvalue weighted by molar-refractivity contribution is 6.60. The molecule has 0 radical (unpaired) electrons. The zero-order valence-corrected chi connectivity index (χ0v) is 10.5. The predicted octanol–water partition coefficient (Wildman–Crippen LogP) is 1.70. The first kappa shape index (κ1) is 13.0. The van der Waals surface area contributed by atoms with Crippen LogP contribution in [0.2, 0.25) is 5.02 Å². The largest absolute Gasteiger partial charge is 0.508 e. The molecule has 0 fully saturated rings. The number of hydrogen-bond acceptors (Lipinski definition) is 3. The second-order valence-electron chi connectivity index (χ2n) is 4.08. The van der Waals surface area contributed by atoms with Gasteiger partial charge >= 0.3 is 7.12 Å². The van der Waals surface area contributed by atoms with E-state index >= 15 is 0 Å². The first-order valence-electron chi connectivity index (χ1n) is 5.45. The maximum Gasteiger partial charge on any atom is 0.492 e. The Morgan fingerprint density at radius 2 is 1.78 bits per heavy atom. The van der Waals surface area contributed by atoms with Crippen LogP contribution >= 0.6 is 11.6 Å². The van der Waals surface area contributed by atoms with Crippen LogP contribution in [0, 0.1) is 6.92 Å². The molecule has 3 nitrogen and oxygen atoms in total. The summed E-state index contributed by atoms with van der Waals surface area (Å²) in [6.07, 6.45) is 0. The van der Waals surface area contributed by atoms with Crippen molar-refractivity contribution < 1.29 is 15.2 Å². The van der Waals surface area contributed by atoms with E-state index in [1.54, 1.807) is 30.3 Å². The van der Waals surface area contributed by atoms with Crippen molar-refractivity contribution in [3.05, 3.63) is 47.0 Å². The van der Waals surface area contributed by atoms with Crippen LogP contribution in [-0.2, 0) is 0 Å². The van der Waals surface area contributed by atoms with Gasteiger partial charge in [0, 0.05) is 16.0 Å². The Labute approximate surface area is 110 Å². The van der Waals surface area contributed by atoms with Crippen LogP contribution in [0.4, 0.5) is 0 Å². The zero-order chi connectivity index (χ0) is 13.3. The normalized spacial score (nSPS) is 10.4. The summed E-state index contributed by atoms with van der Waals surface area (Å²) in [5.74, 6) is -0.127. The van der Waals surface area contributed by atoms with E-state index in [2.05, 4.69) is 0 Å². The summed E-state index contributed by atoms with van der Waals surface area (Å²) in [6, 6.07) is 10.2. The van der Waals surface area contributed by atoms with Crippen LogP contribution in [0.15, 0.2) is 36.4 Å². The molecule has 0 aromatic heterocycles. The molecule has 0 aliphatic heterocycles. The topological polar surface area (TPSA) is 60.7 Å². The minimum atomic E-state index is -1.70. The van der Waals surface area contributed by atoms with E-state index in [0.29, 0.717) is 10.6 Å². The molecule has 2 rings (SSSR count). The van der Waals surface area contributed by atoms with E-state index in [-0.39, 0.29) is 11.2 Å². The SMILES string of the molecule is Cc1cc(Cl)ccc1-c1cccc(B(O)O)c1O. The van der Waals surface area contributed by atoms with Gasteiger partial charge in [-0.2, -0.15) is 0 Å². The molecule has 0 saturated heterocycles. The van der Waals surface area contributed by atoms with Gasteiger partial charge in [-0.05, 0) is 30.2 Å². The third-order valence-electron chi connectivity index (χ3n) is 2.82. The third kappa shape index (κ3) is 2.36. The van der Waals surface area contributed by atoms with E-state index in [0.717, 1.165) is 11.1 Å². The number of halogens is 1. The molecular formula is C13H12BClO3. The minimum absolute atomic E-state index is 0.0850. The highest BCUT2D eigenvalue weighted by Crippen LogP contribution is 2.31. The maximum absolute atomic E-state index is 10.1. The summed E-state index contributed by atoms with van der Waals surface area (Å²) >= 11 is 5.88. The predicted molar refractivity (Wildman–Crippen MR) is 73.1 cm³/mol. The standard InChI is InChI=1S/C13H12BClO3/c1-8-7-9(15)5-6-10(8)11-3-2-4-12(13(11)16)14(17)18/h2-7,16-18H,1H3. The molecule has 18 heavy (non-hydrogen) atoms. The number of aryl methyl sites for hydroxylation is 1. The first-order valence-corrected chi connectivity index (χ1v) is 5.83. The van der Waals surface area contributed by atoms with E-state index < -0.39 is 7.12 Å². The van der Waals surface area contributed by atoms with E-state index in [1.807, 2.05) is 6.92 Å². The summed E-state index contributed by atoms with van der Waals surface area (Å²) < 4.78 is 0. The first-order chi connectivity index (χ1) is 8.50. The average Bonchev–Trinajstić information content (AvgIpc) is 2.30. The molecule has 3 N–H and O–H groups in total. The van der Waals surface area contributed by atoms with Gasteiger partial charge < -0.3 is 15.2 Å². The molecule has 0 aliphatic carbocycles. The summed E-state index contributed by atoms with van der Waals surface area (Å²) in [5, 5.41) is 29.0. The van der Waals surface area contributed by atoms with Crippen molar-refractivity contribution in [3.8, 4) is 16.9 Å². The number of phenolic OH excluding ortho intramolecular Hbond substituents is 1. The Bertz CT molecular complexity index is 584. The molecule has 0 unspecified atom stereocenters. The van der Waals surface area contributed by atoms with Crippen LogP contribution in [0.5, 0.6) is 5.75 Å². The van der Waals surface area contributed by atoms with Gasteiger partial charge in [0.15, 0.2) is 0 Å². The fourth-order valence-corrected chi connectivity index (χ4v) is 2.14. The fourth-order valence-electron chi connectivity index (χ4n) is 1.92. The van der Waals surface area contributed by atoms with Crippen LogP contribution in [0.3, 0.4) is 0 Å². The van der Waals surface area contributed by atoms with Crippen LogP contribution < -0.4 is 5.46 Å². The molecule has 92 valence electrons. The van der Waals surface area contributed by atoms with Crippen LogP contribution in [0.25, 0.3) is 11.1 Å². The smallest absolute Gasteiger partial charge is 0.492 e. The van der Waals surface area contributed by atoms with Gasteiger partial charge in [-0.25, -0.2) is 0 Å². The van der Waals surface area contributed by atoms with E-state index in [1.165, 1.54) is 6.07 Å². The number of aromatic hydroxyl groups is 1. The van der Waals surface area contributed by atoms with Gasteiger partial charge in [0.1, 0.15) is 5.75 Å². The van der Waals surface area contributed by atoms with Crippen molar-refractivity contribution in [1.29, 1.82) is 0 Å². The molecule has 5 heteroatoms. The van der Waals surface area contributed by atoms with Crippen LogP contribution in [-0.4, -0.2) is 22.3 Å². The van der Waals surface area contributed by atoms with Crippen molar-refractivity contribution >= 4 is 24.2 Å². The van der Waals surface area contributed by atoms with Gasteiger partial charge in [0.05, 0.1) is 0 Å². The van der Waals surface area contributed by atoms with Crippen molar-refractivity contribution in [2.24, 2.45) is 0 Å². The van der Waals surface area contributed by atoms with Gasteiger partial charge in [-0.1, -0.05) is 35.9 Å². The zero-order valence-electron chi connectivity index (χ0n) is 9.76. The van der Waals surface area contributed by atoms with Crippen LogP contribution in [0.1, 0.15) is 5.56 Å². The molecule has 0 amide bonds. The van der Waals surface area contributed by atoms with Gasteiger partial charge in [0.25, 0.3) is 0 Å². The van der Waals surface area contributed by atoms with Crippen molar-refractivity contribution in [2.45, 2.75) is 6.92 Å². The lowest BCUT2D eigenvalue weighted by atomic mass is 9.78. The number of rotatable bonds is 2. The van der Waals surface area contributed by atoms with Gasteiger partial charge in [-0.3, -0.25) is 0 Å². The van der Waals surface area contributed by atoms with E-state index in [4.69, 9.17) is 21.6 Å². The summed E-state index contributed by atoms with van der Waals surface area (Å²) in [6.45, 7) is 1.88. The molecule has 0 spiro atoms. The fraction of sp³-hybridized carbons (Fsp3) is 0.0769. The third-order valence-corrected chi connectivity index (χ3v) is 3.06. The summed E-state index contributed by atoms with van der Waals surface area (Å²) in [5.41, 5.74) is 2.35. The summed E-state index contributed by atoms with van der Waals surface area (Å²) in [7, 11) is -1.70. The lowest BCUT2D eigenvalue weighted by molar-refractivity contribution is 0.420. The Morgan fingerprint density at radius 1 is 1.06 bits per heavy atom. The Balaban J connectivity index is 2.61. The van der Waals surface area contributed by atoms with Crippen molar-refractivity contribution in [1.82, 2.24) is 0 Å². The maximum atomic E-state index is 10.1. The molecule has 2 aromatic rings. The lowest BCUT2D eigenvalue weighted by Gasteiger charge is -2.11. The Kier molecular flexibility index (Phi) is 3.61. The molecule has 0 saturated carbocycles.